The van der Waals surface area contributed by atoms with Crippen molar-refractivity contribution in [1.29, 1.82) is 0 Å². The molecule has 8 aromatic carbocycles. The number of hydrogen-bond donors (Lipinski definition) is 0. The van der Waals surface area contributed by atoms with Crippen molar-refractivity contribution in [3.63, 3.8) is 0 Å². The van der Waals surface area contributed by atoms with Crippen molar-refractivity contribution in [2.24, 2.45) is 0 Å². The largest absolute Gasteiger partial charge is 0.0843 e. The van der Waals surface area contributed by atoms with E-state index in [0.717, 1.165) is 17.0 Å². The van der Waals surface area contributed by atoms with E-state index in [4.69, 9.17) is 11.6 Å². The second kappa shape index (κ2) is 11.1. The molecule has 0 spiro atoms. The number of rotatable bonds is 5. The molecule has 0 bridgehead atoms. The summed E-state index contributed by atoms with van der Waals surface area (Å²) in [6.45, 7) is 0. The molecule has 0 atom stereocenters. The number of halogens is 1. The van der Waals surface area contributed by atoms with E-state index in [1.165, 1.54) is 71.6 Å². The molecule has 0 aliphatic heterocycles. The zero-order valence-corrected chi connectivity index (χ0v) is 26.6. The Morgan fingerprint density at radius 1 is 0.447 bits per heavy atom. The average Bonchev–Trinajstić information content (AvgIpc) is 3.43. The first-order valence-electron chi connectivity index (χ1n) is 16.3. The molecule has 0 heterocycles. The lowest BCUT2D eigenvalue weighted by atomic mass is 9.66. The first kappa shape index (κ1) is 27.8. The van der Waals surface area contributed by atoms with Crippen LogP contribution < -0.4 is 0 Å². The van der Waals surface area contributed by atoms with Crippen LogP contribution in [-0.4, -0.2) is 0 Å². The van der Waals surface area contributed by atoms with Gasteiger partial charge in [0.1, 0.15) is 0 Å². The Kier molecular flexibility index (Phi) is 6.59. The summed E-state index contributed by atoms with van der Waals surface area (Å²) in [6, 6.07) is 64.4. The number of fused-ring (bicyclic) bond motifs is 6. The van der Waals surface area contributed by atoms with E-state index in [1.807, 2.05) is 12.1 Å². The molecular formula is C46H31Cl. The van der Waals surface area contributed by atoms with E-state index in [9.17, 15) is 0 Å². The molecule has 0 saturated heterocycles. The Balaban J connectivity index is 1.47. The SMILES string of the molecule is Clc1ccc(-c2cc(C3(c4ccccc4)c4ccccc4-c4ccccc43)cc3c2c(Cc2ccccc2)cc2ccccc23)cc1. The van der Waals surface area contributed by atoms with E-state index in [0.29, 0.717) is 0 Å². The zero-order chi connectivity index (χ0) is 31.4. The van der Waals surface area contributed by atoms with E-state index in [-0.39, 0.29) is 0 Å². The predicted octanol–water partition coefficient (Wildman–Crippen LogP) is 12.3. The Bertz CT molecular complexity index is 2380. The molecule has 1 aliphatic carbocycles. The van der Waals surface area contributed by atoms with Crippen LogP contribution in [0.1, 0.15) is 33.4 Å². The minimum atomic E-state index is -0.500. The molecule has 1 heteroatoms. The lowest BCUT2D eigenvalue weighted by Crippen LogP contribution is -2.28. The highest BCUT2D eigenvalue weighted by atomic mass is 35.5. The lowest BCUT2D eigenvalue weighted by Gasteiger charge is -2.35. The van der Waals surface area contributed by atoms with Crippen LogP contribution in [0.4, 0.5) is 0 Å². The fourth-order valence-electron chi connectivity index (χ4n) is 8.07. The molecule has 0 amide bonds. The van der Waals surface area contributed by atoms with Crippen molar-refractivity contribution in [3.05, 3.63) is 214 Å². The van der Waals surface area contributed by atoms with Crippen molar-refractivity contribution >= 4 is 33.1 Å². The van der Waals surface area contributed by atoms with Crippen LogP contribution in [0, 0.1) is 0 Å². The lowest BCUT2D eigenvalue weighted by molar-refractivity contribution is 0.770. The summed E-state index contributed by atoms with van der Waals surface area (Å²) in [4.78, 5) is 0. The maximum atomic E-state index is 6.48. The Morgan fingerprint density at radius 3 is 1.74 bits per heavy atom. The highest BCUT2D eigenvalue weighted by Gasteiger charge is 2.46. The zero-order valence-electron chi connectivity index (χ0n) is 25.8. The summed E-state index contributed by atoms with van der Waals surface area (Å²) >= 11 is 6.48. The van der Waals surface area contributed by atoms with Gasteiger partial charge in [-0.05, 0) is 108 Å². The molecule has 0 aromatic heterocycles. The third-order valence-corrected chi connectivity index (χ3v) is 10.3. The molecule has 0 nitrogen and oxygen atoms in total. The van der Waals surface area contributed by atoms with E-state index in [2.05, 4.69) is 164 Å². The summed E-state index contributed by atoms with van der Waals surface area (Å²) in [5, 5.41) is 5.82. The quantitative estimate of drug-likeness (QED) is 0.168. The third-order valence-electron chi connectivity index (χ3n) is 10.0. The van der Waals surface area contributed by atoms with Gasteiger partial charge in [-0.1, -0.05) is 163 Å². The van der Waals surface area contributed by atoms with E-state index in [1.54, 1.807) is 0 Å². The minimum absolute atomic E-state index is 0.500. The summed E-state index contributed by atoms with van der Waals surface area (Å²) < 4.78 is 0. The molecule has 0 fully saturated rings. The molecule has 47 heavy (non-hydrogen) atoms. The molecule has 0 N–H and O–H groups in total. The summed E-state index contributed by atoms with van der Waals surface area (Å²) in [7, 11) is 0. The van der Waals surface area contributed by atoms with Crippen LogP contribution in [0.3, 0.4) is 0 Å². The monoisotopic (exact) mass is 618 g/mol. The normalized spacial score (nSPS) is 13.0. The van der Waals surface area contributed by atoms with Crippen LogP contribution in [0.15, 0.2) is 176 Å². The van der Waals surface area contributed by atoms with Crippen molar-refractivity contribution in [2.45, 2.75) is 11.8 Å². The minimum Gasteiger partial charge on any atom is -0.0843 e. The Morgan fingerprint density at radius 2 is 1.04 bits per heavy atom. The smallest absolute Gasteiger partial charge is 0.0714 e. The average molecular weight is 619 g/mol. The van der Waals surface area contributed by atoms with Gasteiger partial charge in [-0.15, -0.1) is 0 Å². The fourth-order valence-corrected chi connectivity index (χ4v) is 8.20. The number of hydrogen-bond acceptors (Lipinski definition) is 0. The Labute approximate surface area is 280 Å². The molecular weight excluding hydrogens is 588 g/mol. The number of benzene rings is 8. The third kappa shape index (κ3) is 4.37. The predicted molar refractivity (Wildman–Crippen MR) is 198 cm³/mol. The highest BCUT2D eigenvalue weighted by molar-refractivity contribution is 6.30. The maximum Gasteiger partial charge on any atom is 0.0714 e. The first-order valence-corrected chi connectivity index (χ1v) is 16.6. The van der Waals surface area contributed by atoms with Crippen molar-refractivity contribution in [2.75, 3.05) is 0 Å². The summed E-state index contributed by atoms with van der Waals surface area (Å²) in [6.07, 6.45) is 0.845. The van der Waals surface area contributed by atoms with E-state index >= 15 is 0 Å². The van der Waals surface area contributed by atoms with E-state index < -0.39 is 5.41 Å². The van der Waals surface area contributed by atoms with Crippen molar-refractivity contribution in [3.8, 4) is 22.3 Å². The van der Waals surface area contributed by atoms with Gasteiger partial charge < -0.3 is 0 Å². The molecule has 1 aliphatic rings. The van der Waals surface area contributed by atoms with Crippen LogP contribution in [0.5, 0.6) is 0 Å². The van der Waals surface area contributed by atoms with Gasteiger partial charge in [-0.3, -0.25) is 0 Å². The van der Waals surface area contributed by atoms with Crippen LogP contribution in [-0.2, 0) is 11.8 Å². The van der Waals surface area contributed by atoms with Crippen LogP contribution in [0.25, 0.3) is 43.8 Å². The molecule has 0 unspecified atom stereocenters. The first-order chi connectivity index (χ1) is 23.2. The fraction of sp³-hybridized carbons (Fsp3) is 0.0435. The summed E-state index contributed by atoms with van der Waals surface area (Å²) in [5.41, 5.74) is 12.3. The van der Waals surface area contributed by atoms with Gasteiger partial charge in [0.15, 0.2) is 0 Å². The second-order valence-corrected chi connectivity index (χ2v) is 13.0. The molecule has 222 valence electrons. The molecule has 9 rings (SSSR count). The molecule has 8 aromatic rings. The van der Waals surface area contributed by atoms with Crippen LogP contribution in [0.2, 0.25) is 5.02 Å². The van der Waals surface area contributed by atoms with Crippen molar-refractivity contribution in [1.82, 2.24) is 0 Å². The molecule has 0 saturated carbocycles. The second-order valence-electron chi connectivity index (χ2n) is 12.6. The molecule has 0 radical (unpaired) electrons. The standard InChI is InChI=1S/C46H31Cl/c47-37-25-23-32(24-26-37)41-29-36(30-42-38-18-8-7-15-33(38)28-34(45(41)42)27-31-13-3-1-4-14-31)46(35-16-5-2-6-17-35)43-21-11-9-19-39(43)40-20-10-12-22-44(40)46/h1-26,28-30H,27H2. The van der Waals surface area contributed by atoms with Gasteiger partial charge in [0.05, 0.1) is 5.41 Å². The van der Waals surface area contributed by atoms with Gasteiger partial charge in [-0.25, -0.2) is 0 Å². The van der Waals surface area contributed by atoms with Crippen molar-refractivity contribution < 1.29 is 0 Å². The highest BCUT2D eigenvalue weighted by Crippen LogP contribution is 2.57. The van der Waals surface area contributed by atoms with Crippen LogP contribution >= 0.6 is 11.6 Å². The topological polar surface area (TPSA) is 0 Å². The van der Waals surface area contributed by atoms with Gasteiger partial charge in [0.25, 0.3) is 0 Å². The van der Waals surface area contributed by atoms with Gasteiger partial charge >= 0.3 is 0 Å². The summed E-state index contributed by atoms with van der Waals surface area (Å²) in [5.74, 6) is 0. The maximum absolute atomic E-state index is 6.48. The van der Waals surface area contributed by atoms with Gasteiger partial charge in [0.2, 0.25) is 0 Å². The van der Waals surface area contributed by atoms with Gasteiger partial charge in [0, 0.05) is 5.02 Å². The van der Waals surface area contributed by atoms with Gasteiger partial charge in [-0.2, -0.15) is 0 Å². The Hall–Kier alpha value is -5.43.